The predicted molar refractivity (Wildman–Crippen MR) is 96.7 cm³/mol. The fourth-order valence-corrected chi connectivity index (χ4v) is 5.57. The third kappa shape index (κ3) is 3.85. The number of carboxylic acids is 1. The average molecular weight is 463 g/mol. The van der Waals surface area contributed by atoms with Crippen LogP contribution in [0, 0.1) is 5.92 Å². The minimum atomic E-state index is -4.20. The van der Waals surface area contributed by atoms with E-state index in [-0.39, 0.29) is 4.67 Å². The van der Waals surface area contributed by atoms with Crippen molar-refractivity contribution in [3.63, 3.8) is 0 Å². The first-order valence-corrected chi connectivity index (χ1v) is 10.7. The van der Waals surface area contributed by atoms with Crippen LogP contribution in [-0.4, -0.2) is 25.4 Å². The summed E-state index contributed by atoms with van der Waals surface area (Å²) in [5.41, 5.74) is 3.28. The lowest BCUT2D eigenvalue weighted by atomic mass is 9.90. The number of carbonyl (C=O) groups is 2. The van der Waals surface area contributed by atoms with Crippen molar-refractivity contribution in [2.75, 3.05) is 0 Å². The van der Waals surface area contributed by atoms with Gasteiger partial charge in [-0.25, -0.2) is 13.2 Å². The lowest BCUT2D eigenvalue weighted by Crippen LogP contribution is -2.41. The zero-order chi connectivity index (χ0) is 19.1. The van der Waals surface area contributed by atoms with E-state index in [4.69, 9.17) is 9.52 Å². The van der Waals surface area contributed by atoms with Crippen molar-refractivity contribution in [2.45, 2.75) is 31.1 Å². The van der Waals surface area contributed by atoms with Crippen molar-refractivity contribution in [3.05, 3.63) is 37.9 Å². The van der Waals surface area contributed by atoms with Gasteiger partial charge in [0.05, 0.1) is 4.88 Å². The lowest BCUT2D eigenvalue weighted by Gasteiger charge is -2.16. The summed E-state index contributed by atoms with van der Waals surface area (Å²) >= 11 is 4.21. The highest BCUT2D eigenvalue weighted by Gasteiger charge is 2.26. The number of hydrogen-bond donors (Lipinski definition) is 3. The number of aryl methyl sites for hydroxylation is 1. The third-order valence-corrected chi connectivity index (χ3v) is 7.35. The van der Waals surface area contributed by atoms with Crippen molar-refractivity contribution < 1.29 is 27.5 Å². The summed E-state index contributed by atoms with van der Waals surface area (Å²) in [6.07, 6.45) is 2.90. The number of sulfonamides is 1. The van der Waals surface area contributed by atoms with Gasteiger partial charge in [-0.3, -0.25) is 10.2 Å². The van der Waals surface area contributed by atoms with E-state index >= 15 is 0 Å². The van der Waals surface area contributed by atoms with Gasteiger partial charge in [0.15, 0.2) is 4.67 Å². The fraction of sp³-hybridized carbons (Fsp3) is 0.333. The first-order valence-electron chi connectivity index (χ1n) is 7.63. The van der Waals surface area contributed by atoms with Gasteiger partial charge in [0.1, 0.15) is 4.90 Å². The first kappa shape index (κ1) is 19.1. The molecule has 0 bridgehead atoms. The summed E-state index contributed by atoms with van der Waals surface area (Å²) in [4.78, 5) is 26.2. The van der Waals surface area contributed by atoms with E-state index in [0.29, 0.717) is 10.8 Å². The van der Waals surface area contributed by atoms with E-state index < -0.39 is 32.6 Å². The molecule has 0 aromatic carbocycles. The molecule has 1 amide bonds. The lowest BCUT2D eigenvalue weighted by molar-refractivity contribution is 0.0660. The predicted octanol–water partition coefficient (Wildman–Crippen LogP) is 2.55. The highest BCUT2D eigenvalue weighted by Crippen LogP contribution is 2.32. The SMILES string of the molecule is CC1CCc2sc(C(=O)NNS(=O)(=O)c3cc(C(=O)O)oc3Br)cc2C1. The summed E-state index contributed by atoms with van der Waals surface area (Å²) in [5, 5.41) is 8.86. The monoisotopic (exact) mass is 462 g/mol. The van der Waals surface area contributed by atoms with Gasteiger partial charge < -0.3 is 9.52 Å². The molecule has 3 N–H and O–H groups in total. The van der Waals surface area contributed by atoms with E-state index in [0.717, 1.165) is 35.8 Å². The second-order valence-corrected chi connectivity index (χ2v) is 9.53. The number of fused-ring (bicyclic) bond motifs is 1. The molecule has 2 aromatic rings. The number of nitrogens with one attached hydrogen (secondary N) is 2. The van der Waals surface area contributed by atoms with Gasteiger partial charge in [-0.1, -0.05) is 6.92 Å². The van der Waals surface area contributed by atoms with Gasteiger partial charge in [0.25, 0.3) is 15.9 Å². The molecule has 140 valence electrons. The maximum atomic E-state index is 12.3. The molecule has 1 aliphatic carbocycles. The largest absolute Gasteiger partial charge is 0.475 e. The number of amides is 1. The average Bonchev–Trinajstić information content (AvgIpc) is 3.16. The molecule has 0 saturated carbocycles. The Hall–Kier alpha value is -1.69. The molecule has 26 heavy (non-hydrogen) atoms. The smallest absolute Gasteiger partial charge is 0.371 e. The normalized spacial score (nSPS) is 16.9. The Morgan fingerprint density at radius 1 is 1.38 bits per heavy atom. The second kappa shape index (κ2) is 7.14. The number of aromatic carboxylic acids is 1. The van der Waals surface area contributed by atoms with Gasteiger partial charge in [-0.2, -0.15) is 0 Å². The summed E-state index contributed by atoms with van der Waals surface area (Å²) in [6, 6.07) is 2.64. The minimum absolute atomic E-state index is 0.266. The van der Waals surface area contributed by atoms with Gasteiger partial charge >= 0.3 is 5.97 Å². The molecule has 1 unspecified atom stereocenters. The minimum Gasteiger partial charge on any atom is -0.475 e. The molecule has 3 rings (SSSR count). The Balaban J connectivity index is 1.72. The molecule has 0 saturated heterocycles. The Labute approximate surface area is 161 Å². The summed E-state index contributed by atoms with van der Waals surface area (Å²) in [7, 11) is -4.20. The maximum absolute atomic E-state index is 12.3. The molecular formula is C15H15BrN2O6S2. The number of hydrazine groups is 1. The number of hydrogen-bond acceptors (Lipinski definition) is 6. The third-order valence-electron chi connectivity index (χ3n) is 4.01. The number of rotatable bonds is 5. The van der Waals surface area contributed by atoms with E-state index in [1.807, 2.05) is 4.83 Å². The molecule has 2 aromatic heterocycles. The van der Waals surface area contributed by atoms with Gasteiger partial charge in [0, 0.05) is 10.9 Å². The molecule has 1 atom stereocenters. The van der Waals surface area contributed by atoms with Crippen LogP contribution >= 0.6 is 27.3 Å². The Morgan fingerprint density at radius 3 is 2.77 bits per heavy atom. The zero-order valence-corrected chi connectivity index (χ0v) is 16.8. The van der Waals surface area contributed by atoms with Crippen molar-refractivity contribution in [2.24, 2.45) is 5.92 Å². The van der Waals surface area contributed by atoms with Crippen molar-refractivity contribution in [1.29, 1.82) is 0 Å². The Morgan fingerprint density at radius 2 is 2.12 bits per heavy atom. The molecule has 0 aliphatic heterocycles. The molecule has 2 heterocycles. The van der Waals surface area contributed by atoms with Crippen LogP contribution in [-0.2, 0) is 22.9 Å². The highest BCUT2D eigenvalue weighted by molar-refractivity contribution is 9.10. The Bertz CT molecular complexity index is 978. The molecule has 0 spiro atoms. The summed E-state index contributed by atoms with van der Waals surface area (Å²) in [5.74, 6) is -1.95. The van der Waals surface area contributed by atoms with Gasteiger partial charge in [-0.05, 0) is 52.7 Å². The Kier molecular flexibility index (Phi) is 5.24. The van der Waals surface area contributed by atoms with Crippen LogP contribution in [0.4, 0.5) is 0 Å². The second-order valence-electron chi connectivity index (χ2n) is 6.02. The quantitative estimate of drug-likeness (QED) is 0.586. The van der Waals surface area contributed by atoms with Crippen LogP contribution < -0.4 is 10.3 Å². The van der Waals surface area contributed by atoms with Crippen LogP contribution in [0.25, 0.3) is 0 Å². The number of carboxylic acid groups (broad SMARTS) is 1. The highest BCUT2D eigenvalue weighted by atomic mass is 79.9. The topological polar surface area (TPSA) is 126 Å². The van der Waals surface area contributed by atoms with Gasteiger partial charge in [-0.15, -0.1) is 16.2 Å². The van der Waals surface area contributed by atoms with Crippen LogP contribution in [0.3, 0.4) is 0 Å². The molecule has 11 heteroatoms. The van der Waals surface area contributed by atoms with E-state index in [2.05, 4.69) is 28.3 Å². The molecule has 0 radical (unpaired) electrons. The molecule has 1 aliphatic rings. The van der Waals surface area contributed by atoms with Crippen LogP contribution in [0.1, 0.15) is 44.0 Å². The maximum Gasteiger partial charge on any atom is 0.371 e. The first-order chi connectivity index (χ1) is 12.2. The molecule has 0 fully saturated rings. The van der Waals surface area contributed by atoms with Crippen molar-refractivity contribution >= 4 is 49.2 Å². The molecular weight excluding hydrogens is 448 g/mol. The number of halogens is 1. The van der Waals surface area contributed by atoms with E-state index in [1.165, 1.54) is 11.3 Å². The van der Waals surface area contributed by atoms with Crippen LogP contribution in [0.5, 0.6) is 0 Å². The van der Waals surface area contributed by atoms with E-state index in [1.54, 1.807) is 6.07 Å². The summed E-state index contributed by atoms with van der Waals surface area (Å²) in [6.45, 7) is 2.16. The number of thiophene rings is 1. The fourth-order valence-electron chi connectivity index (χ4n) is 2.69. The van der Waals surface area contributed by atoms with Crippen molar-refractivity contribution in [3.8, 4) is 0 Å². The zero-order valence-electron chi connectivity index (χ0n) is 13.5. The van der Waals surface area contributed by atoms with E-state index in [9.17, 15) is 18.0 Å². The summed E-state index contributed by atoms with van der Waals surface area (Å²) < 4.78 is 29.1. The number of carbonyl (C=O) groups excluding carboxylic acids is 1. The molecule has 8 nitrogen and oxygen atoms in total. The van der Waals surface area contributed by atoms with Crippen LogP contribution in [0.2, 0.25) is 0 Å². The van der Waals surface area contributed by atoms with Gasteiger partial charge in [0.2, 0.25) is 5.76 Å². The van der Waals surface area contributed by atoms with Crippen molar-refractivity contribution in [1.82, 2.24) is 10.3 Å². The number of furan rings is 1. The van der Waals surface area contributed by atoms with Crippen LogP contribution in [0.15, 0.2) is 26.1 Å². The standard InChI is InChI=1S/C15H15BrN2O6S2/c1-7-2-3-10-8(4-7)5-11(25-10)14(19)17-18-26(22,23)12-6-9(15(20)21)24-13(12)16/h5-7,18H,2-4H2,1H3,(H,17,19)(H,20,21).